The van der Waals surface area contributed by atoms with Crippen molar-refractivity contribution < 1.29 is 5.11 Å². The maximum atomic E-state index is 12.0. The Morgan fingerprint density at radius 3 is 2.57 bits per heavy atom. The smallest absolute Gasteiger partial charge is 0.330 e. The van der Waals surface area contributed by atoms with E-state index in [9.17, 15) is 14.7 Å². The summed E-state index contributed by atoms with van der Waals surface area (Å²) in [4.78, 5) is 28.5. The van der Waals surface area contributed by atoms with E-state index >= 15 is 0 Å². The van der Waals surface area contributed by atoms with Crippen LogP contribution in [0.1, 0.15) is 26.0 Å². The molecule has 0 spiro atoms. The molecular formula is C16H28N4O3. The molecule has 1 saturated heterocycles. The molecule has 130 valence electrons. The highest BCUT2D eigenvalue weighted by Crippen LogP contribution is 2.15. The Labute approximate surface area is 136 Å². The Bertz CT molecular complexity index is 650. The molecular weight excluding hydrogens is 296 g/mol. The first-order chi connectivity index (χ1) is 10.8. The van der Waals surface area contributed by atoms with E-state index in [1.165, 1.54) is 7.05 Å². The van der Waals surface area contributed by atoms with Crippen LogP contribution >= 0.6 is 0 Å². The van der Waals surface area contributed by atoms with Gasteiger partial charge in [-0.2, -0.15) is 0 Å². The van der Waals surface area contributed by atoms with E-state index in [1.54, 1.807) is 17.7 Å². The molecule has 1 aliphatic rings. The van der Waals surface area contributed by atoms with Crippen molar-refractivity contribution in [1.82, 2.24) is 18.9 Å². The molecule has 1 aromatic heterocycles. The largest absolute Gasteiger partial charge is 0.392 e. The van der Waals surface area contributed by atoms with Gasteiger partial charge < -0.3 is 5.11 Å². The van der Waals surface area contributed by atoms with Gasteiger partial charge in [-0.05, 0) is 13.3 Å². The second-order valence-electron chi connectivity index (χ2n) is 6.52. The van der Waals surface area contributed by atoms with Crippen LogP contribution in [0.15, 0.2) is 15.7 Å². The minimum Gasteiger partial charge on any atom is -0.392 e. The molecule has 0 aromatic carbocycles. The molecule has 1 fully saturated rings. The van der Waals surface area contributed by atoms with Crippen molar-refractivity contribution in [2.24, 2.45) is 14.1 Å². The number of β-amino-alcohol motifs (C(OH)–C–C–N with tert-alkyl or cyclic N) is 1. The van der Waals surface area contributed by atoms with Crippen LogP contribution in [0.5, 0.6) is 0 Å². The van der Waals surface area contributed by atoms with Crippen molar-refractivity contribution >= 4 is 0 Å². The molecule has 7 heteroatoms. The Kier molecular flexibility index (Phi) is 5.78. The lowest BCUT2D eigenvalue weighted by molar-refractivity contribution is 0.0329. The Balaban J connectivity index is 2.11. The SMILES string of the molecule is CC[C@H]1CN(Cc2cc(=O)n(C)c(=O)n2C)CCN1C[C@H](C)O. The summed E-state index contributed by atoms with van der Waals surface area (Å²) < 4.78 is 2.67. The van der Waals surface area contributed by atoms with Gasteiger partial charge in [0.2, 0.25) is 0 Å². The molecule has 7 nitrogen and oxygen atoms in total. The van der Waals surface area contributed by atoms with E-state index in [1.807, 2.05) is 6.92 Å². The van der Waals surface area contributed by atoms with Crippen LogP contribution in [-0.4, -0.2) is 62.4 Å². The lowest BCUT2D eigenvalue weighted by atomic mass is 10.1. The molecule has 23 heavy (non-hydrogen) atoms. The van der Waals surface area contributed by atoms with Crippen LogP contribution in [0.2, 0.25) is 0 Å². The van der Waals surface area contributed by atoms with Gasteiger partial charge in [0.1, 0.15) is 0 Å². The third-order valence-electron chi connectivity index (χ3n) is 4.67. The number of aliphatic hydroxyl groups is 1. The zero-order valence-corrected chi connectivity index (χ0v) is 14.5. The van der Waals surface area contributed by atoms with E-state index in [0.717, 1.165) is 36.3 Å². The first-order valence-electron chi connectivity index (χ1n) is 8.23. The fourth-order valence-corrected chi connectivity index (χ4v) is 3.23. The summed E-state index contributed by atoms with van der Waals surface area (Å²) in [6, 6.07) is 1.94. The number of hydrogen-bond donors (Lipinski definition) is 1. The first-order valence-corrected chi connectivity index (χ1v) is 8.23. The van der Waals surface area contributed by atoms with E-state index in [-0.39, 0.29) is 17.4 Å². The van der Waals surface area contributed by atoms with Gasteiger partial charge in [0, 0.05) is 64.6 Å². The molecule has 0 radical (unpaired) electrons. The Hall–Kier alpha value is -1.44. The molecule has 1 aromatic rings. The van der Waals surface area contributed by atoms with Gasteiger partial charge in [0.25, 0.3) is 5.56 Å². The standard InChI is InChI=1S/C16H28N4O3/c1-5-13-10-19(6-7-20(13)9-12(2)21)11-14-8-15(22)18(4)16(23)17(14)3/h8,12-13,21H,5-7,9-11H2,1-4H3/t12-,13-/m0/s1. The summed E-state index contributed by atoms with van der Waals surface area (Å²) in [5, 5.41) is 9.61. The molecule has 0 aliphatic carbocycles. The summed E-state index contributed by atoms with van der Waals surface area (Å²) >= 11 is 0. The molecule has 2 heterocycles. The molecule has 0 saturated carbocycles. The molecule has 1 N–H and O–H groups in total. The highest BCUT2D eigenvalue weighted by Gasteiger charge is 2.26. The van der Waals surface area contributed by atoms with Crippen molar-refractivity contribution in [2.45, 2.75) is 39.0 Å². The fraction of sp³-hybridized carbons (Fsp3) is 0.750. The summed E-state index contributed by atoms with van der Waals surface area (Å²) in [5.41, 5.74) is 0.201. The normalized spacial score (nSPS) is 21.5. The molecule has 0 unspecified atom stereocenters. The predicted molar refractivity (Wildman–Crippen MR) is 89.5 cm³/mol. The zero-order chi connectivity index (χ0) is 17.1. The maximum Gasteiger partial charge on any atom is 0.330 e. The highest BCUT2D eigenvalue weighted by atomic mass is 16.3. The molecule has 2 rings (SSSR count). The van der Waals surface area contributed by atoms with Crippen LogP contribution in [0.25, 0.3) is 0 Å². The summed E-state index contributed by atoms with van der Waals surface area (Å²) in [6.07, 6.45) is 0.687. The van der Waals surface area contributed by atoms with E-state index in [4.69, 9.17) is 0 Å². The molecule has 2 atom stereocenters. The first kappa shape index (κ1) is 17.9. The number of rotatable bonds is 5. The predicted octanol–water partition coefficient (Wildman–Crippen LogP) is -0.639. The molecule has 0 amide bonds. The van der Waals surface area contributed by atoms with Gasteiger partial charge in [-0.1, -0.05) is 6.92 Å². The van der Waals surface area contributed by atoms with Crippen LogP contribution in [0.4, 0.5) is 0 Å². The van der Waals surface area contributed by atoms with E-state index in [2.05, 4.69) is 16.7 Å². The monoisotopic (exact) mass is 324 g/mol. The fourth-order valence-electron chi connectivity index (χ4n) is 3.23. The maximum absolute atomic E-state index is 12.0. The highest BCUT2D eigenvalue weighted by molar-refractivity contribution is 5.03. The number of aliphatic hydroxyl groups excluding tert-OH is 1. The lowest BCUT2D eigenvalue weighted by Gasteiger charge is -2.41. The van der Waals surface area contributed by atoms with Gasteiger partial charge >= 0.3 is 5.69 Å². The average molecular weight is 324 g/mol. The van der Waals surface area contributed by atoms with Gasteiger partial charge in [-0.3, -0.25) is 23.7 Å². The van der Waals surface area contributed by atoms with Crippen molar-refractivity contribution in [1.29, 1.82) is 0 Å². The zero-order valence-electron chi connectivity index (χ0n) is 14.5. The van der Waals surface area contributed by atoms with Crippen LogP contribution < -0.4 is 11.2 Å². The second-order valence-corrected chi connectivity index (χ2v) is 6.52. The number of nitrogens with zero attached hydrogens (tertiary/aromatic N) is 4. The molecule has 0 bridgehead atoms. The minimum atomic E-state index is -0.325. The number of aromatic nitrogens is 2. The molecule has 1 aliphatic heterocycles. The average Bonchev–Trinajstić information content (AvgIpc) is 2.51. The Morgan fingerprint density at radius 2 is 1.96 bits per heavy atom. The third-order valence-corrected chi connectivity index (χ3v) is 4.67. The van der Waals surface area contributed by atoms with Gasteiger partial charge in [-0.15, -0.1) is 0 Å². The number of hydrogen-bond acceptors (Lipinski definition) is 5. The summed E-state index contributed by atoms with van der Waals surface area (Å²) in [6.45, 7) is 7.89. The van der Waals surface area contributed by atoms with Gasteiger partial charge in [-0.25, -0.2) is 4.79 Å². The van der Waals surface area contributed by atoms with E-state index < -0.39 is 0 Å². The van der Waals surface area contributed by atoms with Crippen molar-refractivity contribution in [3.05, 3.63) is 32.6 Å². The van der Waals surface area contributed by atoms with Gasteiger partial charge in [0.15, 0.2) is 0 Å². The van der Waals surface area contributed by atoms with Crippen LogP contribution in [-0.2, 0) is 20.6 Å². The summed E-state index contributed by atoms with van der Waals surface area (Å²) in [5.74, 6) is 0. The topological polar surface area (TPSA) is 70.7 Å². The van der Waals surface area contributed by atoms with Crippen molar-refractivity contribution in [3.8, 4) is 0 Å². The summed E-state index contributed by atoms with van der Waals surface area (Å²) in [7, 11) is 3.20. The third kappa shape index (κ3) is 4.10. The van der Waals surface area contributed by atoms with Gasteiger partial charge in [0.05, 0.1) is 6.10 Å². The van der Waals surface area contributed by atoms with Crippen molar-refractivity contribution in [3.63, 3.8) is 0 Å². The Morgan fingerprint density at radius 1 is 1.26 bits per heavy atom. The van der Waals surface area contributed by atoms with Crippen LogP contribution in [0, 0.1) is 0 Å². The van der Waals surface area contributed by atoms with E-state index in [0.29, 0.717) is 19.1 Å². The number of piperazine rings is 1. The lowest BCUT2D eigenvalue weighted by Crippen LogP contribution is -2.54. The minimum absolute atomic E-state index is 0.261. The quantitative estimate of drug-likeness (QED) is 0.780. The van der Waals surface area contributed by atoms with Crippen LogP contribution in [0.3, 0.4) is 0 Å². The second kappa shape index (κ2) is 7.42. The van der Waals surface area contributed by atoms with Crippen molar-refractivity contribution in [2.75, 3.05) is 26.2 Å².